The van der Waals surface area contributed by atoms with Gasteiger partial charge in [0.1, 0.15) is 0 Å². The molecule has 0 saturated carbocycles. The molecule has 0 fully saturated rings. The highest BCUT2D eigenvalue weighted by molar-refractivity contribution is 7.85. The molecule has 0 saturated heterocycles. The number of esters is 1. The molecule has 0 aromatic heterocycles. The number of ether oxygens (including phenoxy) is 1. The van der Waals surface area contributed by atoms with Gasteiger partial charge in [0.05, 0.1) is 21.3 Å². The Hall–Kier alpha value is -2.18. The van der Waals surface area contributed by atoms with E-state index < -0.39 is 29.3 Å². The lowest BCUT2D eigenvalue weighted by Crippen LogP contribution is -2.22. The molecule has 25 heavy (non-hydrogen) atoms. The fourth-order valence-electron chi connectivity index (χ4n) is 2.15. The molecule has 1 N–H and O–H groups in total. The number of hydrogen-bond donors (Lipinski definition) is 1. The minimum atomic E-state index is -1.29. The zero-order chi connectivity index (χ0) is 18.4. The van der Waals surface area contributed by atoms with Crippen molar-refractivity contribution in [1.82, 2.24) is 0 Å². The third kappa shape index (κ3) is 5.14. The molecular formula is C18H18ClNO4S. The Labute approximate surface area is 153 Å². The standard InChI is InChI=1S/C18H18ClNO4S/c1-3-25(23)16-7-5-4-6-14(16)18(22)24-11-17(21)20-15-9-8-13(19)10-12(15)2/h4-10H,3,11H2,1-2H3,(H,20,21)/t25-/m0/s1. The Bertz CT molecular complexity index is 822. The summed E-state index contributed by atoms with van der Waals surface area (Å²) < 4.78 is 17.0. The molecule has 0 spiro atoms. The first-order chi connectivity index (χ1) is 11.9. The topological polar surface area (TPSA) is 72.5 Å². The van der Waals surface area contributed by atoms with Gasteiger partial charge in [0.15, 0.2) is 6.61 Å². The maximum atomic E-state index is 12.2. The first kappa shape index (κ1) is 19.1. The second kappa shape index (κ2) is 8.78. The number of carbonyl (C=O) groups excluding carboxylic acids is 2. The largest absolute Gasteiger partial charge is 0.452 e. The number of nitrogens with one attached hydrogen (secondary N) is 1. The van der Waals surface area contributed by atoms with E-state index in [-0.39, 0.29) is 5.56 Å². The Balaban J connectivity index is 2.00. The minimum absolute atomic E-state index is 0.207. The van der Waals surface area contributed by atoms with Crippen LogP contribution in [0.25, 0.3) is 0 Å². The second-order valence-corrected chi connectivity index (χ2v) is 7.36. The summed E-state index contributed by atoms with van der Waals surface area (Å²) in [6.07, 6.45) is 0. The highest BCUT2D eigenvalue weighted by Gasteiger charge is 2.17. The molecule has 7 heteroatoms. The van der Waals surface area contributed by atoms with E-state index >= 15 is 0 Å². The van der Waals surface area contributed by atoms with Gasteiger partial charge in [-0.25, -0.2) is 4.79 Å². The van der Waals surface area contributed by atoms with Crippen molar-refractivity contribution >= 4 is 40.0 Å². The molecule has 0 aliphatic rings. The Morgan fingerprint density at radius 1 is 1.20 bits per heavy atom. The van der Waals surface area contributed by atoms with E-state index in [2.05, 4.69) is 5.32 Å². The van der Waals surface area contributed by atoms with Gasteiger partial charge in [-0.05, 0) is 42.8 Å². The zero-order valence-corrected chi connectivity index (χ0v) is 15.4. The summed E-state index contributed by atoms with van der Waals surface area (Å²) in [5.41, 5.74) is 1.60. The molecule has 0 aliphatic carbocycles. The van der Waals surface area contributed by atoms with Crippen molar-refractivity contribution in [3.63, 3.8) is 0 Å². The lowest BCUT2D eigenvalue weighted by atomic mass is 10.2. The van der Waals surface area contributed by atoms with Gasteiger partial charge in [0, 0.05) is 16.5 Å². The highest BCUT2D eigenvalue weighted by atomic mass is 35.5. The van der Waals surface area contributed by atoms with Crippen molar-refractivity contribution < 1.29 is 18.5 Å². The number of benzene rings is 2. The molecule has 5 nitrogen and oxygen atoms in total. The Morgan fingerprint density at radius 2 is 1.92 bits per heavy atom. The monoisotopic (exact) mass is 379 g/mol. The maximum Gasteiger partial charge on any atom is 0.339 e. The van der Waals surface area contributed by atoms with E-state index in [9.17, 15) is 13.8 Å². The summed E-state index contributed by atoms with van der Waals surface area (Å²) >= 11 is 5.87. The number of amides is 1. The first-order valence-electron chi connectivity index (χ1n) is 7.63. The number of halogens is 1. The normalized spacial score (nSPS) is 11.6. The summed E-state index contributed by atoms with van der Waals surface area (Å²) in [4.78, 5) is 24.6. The summed E-state index contributed by atoms with van der Waals surface area (Å²) in [5.74, 6) is -0.756. The molecule has 2 rings (SSSR count). The molecule has 132 valence electrons. The van der Waals surface area contributed by atoms with Crippen molar-refractivity contribution in [2.24, 2.45) is 0 Å². The fraction of sp³-hybridized carbons (Fsp3) is 0.222. The average molecular weight is 380 g/mol. The second-order valence-electron chi connectivity index (χ2n) is 5.21. The number of hydrogen-bond acceptors (Lipinski definition) is 4. The predicted molar refractivity (Wildman–Crippen MR) is 98.5 cm³/mol. The Morgan fingerprint density at radius 3 is 2.60 bits per heavy atom. The molecule has 1 atom stereocenters. The van der Waals surface area contributed by atoms with Crippen LogP contribution in [0.1, 0.15) is 22.8 Å². The summed E-state index contributed by atoms with van der Waals surface area (Å²) in [6, 6.07) is 11.6. The van der Waals surface area contributed by atoms with Crippen LogP contribution < -0.4 is 5.32 Å². The zero-order valence-electron chi connectivity index (χ0n) is 13.9. The van der Waals surface area contributed by atoms with Crippen LogP contribution in [0, 0.1) is 6.92 Å². The highest BCUT2D eigenvalue weighted by Crippen LogP contribution is 2.19. The van der Waals surface area contributed by atoms with Crippen LogP contribution in [0.5, 0.6) is 0 Å². The van der Waals surface area contributed by atoms with Gasteiger partial charge in [0.25, 0.3) is 5.91 Å². The number of carbonyl (C=O) groups is 2. The van der Waals surface area contributed by atoms with Gasteiger partial charge in [0.2, 0.25) is 0 Å². The first-order valence-corrected chi connectivity index (χ1v) is 9.32. The average Bonchev–Trinajstić information content (AvgIpc) is 2.61. The smallest absolute Gasteiger partial charge is 0.339 e. The van der Waals surface area contributed by atoms with Crippen molar-refractivity contribution in [1.29, 1.82) is 0 Å². The van der Waals surface area contributed by atoms with Gasteiger partial charge in [-0.15, -0.1) is 0 Å². The third-order valence-corrected chi connectivity index (χ3v) is 5.02. The molecule has 1 amide bonds. The molecule has 0 radical (unpaired) electrons. The van der Waals surface area contributed by atoms with E-state index in [1.54, 1.807) is 43.3 Å². The van der Waals surface area contributed by atoms with E-state index in [1.807, 2.05) is 6.92 Å². The van der Waals surface area contributed by atoms with E-state index in [4.69, 9.17) is 16.3 Å². The molecule has 0 unspecified atom stereocenters. The van der Waals surface area contributed by atoms with E-state index in [1.165, 1.54) is 6.07 Å². The third-order valence-electron chi connectivity index (χ3n) is 3.41. The van der Waals surface area contributed by atoms with Gasteiger partial charge in [-0.3, -0.25) is 9.00 Å². The molecule has 0 aliphatic heterocycles. The van der Waals surface area contributed by atoms with Crippen molar-refractivity contribution in [2.75, 3.05) is 17.7 Å². The van der Waals surface area contributed by atoms with Gasteiger partial charge in [-0.1, -0.05) is 30.7 Å². The number of aryl methyl sites for hydroxylation is 1. The van der Waals surface area contributed by atoms with Crippen LogP contribution in [0.2, 0.25) is 5.02 Å². The van der Waals surface area contributed by atoms with E-state index in [0.717, 1.165) is 5.56 Å². The van der Waals surface area contributed by atoms with Gasteiger partial charge >= 0.3 is 5.97 Å². The minimum Gasteiger partial charge on any atom is -0.452 e. The SMILES string of the molecule is CC[S@](=O)c1ccccc1C(=O)OCC(=O)Nc1ccc(Cl)cc1C. The van der Waals surface area contributed by atoms with Crippen LogP contribution in [0.15, 0.2) is 47.4 Å². The quantitative estimate of drug-likeness (QED) is 0.779. The Kier molecular flexibility index (Phi) is 6.73. The predicted octanol–water partition coefficient (Wildman–Crippen LogP) is 3.57. The molecule has 0 bridgehead atoms. The molecule has 0 heterocycles. The fourth-order valence-corrected chi connectivity index (χ4v) is 3.32. The maximum absolute atomic E-state index is 12.2. The molecular weight excluding hydrogens is 362 g/mol. The van der Waals surface area contributed by atoms with Crippen molar-refractivity contribution in [3.05, 3.63) is 58.6 Å². The lowest BCUT2D eigenvalue weighted by molar-refractivity contribution is -0.119. The van der Waals surface area contributed by atoms with Crippen LogP contribution in [0.4, 0.5) is 5.69 Å². The van der Waals surface area contributed by atoms with Crippen LogP contribution >= 0.6 is 11.6 Å². The van der Waals surface area contributed by atoms with Gasteiger partial charge in [-0.2, -0.15) is 0 Å². The van der Waals surface area contributed by atoms with Crippen molar-refractivity contribution in [2.45, 2.75) is 18.7 Å². The van der Waals surface area contributed by atoms with Crippen LogP contribution in [0.3, 0.4) is 0 Å². The van der Waals surface area contributed by atoms with Gasteiger partial charge < -0.3 is 10.1 Å². The molecule has 2 aromatic carbocycles. The molecule has 2 aromatic rings. The van der Waals surface area contributed by atoms with Crippen LogP contribution in [-0.2, 0) is 20.3 Å². The van der Waals surface area contributed by atoms with Crippen molar-refractivity contribution in [3.8, 4) is 0 Å². The lowest BCUT2D eigenvalue weighted by Gasteiger charge is -2.10. The van der Waals surface area contributed by atoms with Crippen LogP contribution in [-0.4, -0.2) is 28.4 Å². The summed E-state index contributed by atoms with van der Waals surface area (Å²) in [5, 5.41) is 3.23. The number of rotatable bonds is 6. The van der Waals surface area contributed by atoms with E-state index in [0.29, 0.717) is 21.4 Å². The summed E-state index contributed by atoms with van der Waals surface area (Å²) in [6.45, 7) is 3.14. The summed E-state index contributed by atoms with van der Waals surface area (Å²) in [7, 11) is -1.29. The number of anilines is 1.